The minimum Gasteiger partial charge on any atom is -0.481 e. The van der Waals surface area contributed by atoms with Crippen LogP contribution in [-0.4, -0.2) is 30.0 Å². The standard InChI is InChI=1S/C10H16O4S/c11-10(12)6-7-4-8-2-1-3-9(5-7)15(8,13)14/h7-9H,1-6H2,(H,11,12). The third-order valence-corrected chi connectivity index (χ3v) is 6.35. The van der Waals surface area contributed by atoms with Gasteiger partial charge in [-0.15, -0.1) is 0 Å². The zero-order chi connectivity index (χ0) is 11.1. The van der Waals surface area contributed by atoms with Gasteiger partial charge in [0.15, 0.2) is 9.84 Å². The quantitative estimate of drug-likeness (QED) is 0.776. The summed E-state index contributed by atoms with van der Waals surface area (Å²) >= 11 is 0. The van der Waals surface area contributed by atoms with E-state index in [9.17, 15) is 13.2 Å². The Bertz CT molecular complexity index is 340. The number of aliphatic carboxylic acids is 1. The molecule has 2 bridgehead atoms. The molecule has 2 aliphatic heterocycles. The number of carboxylic acid groups (broad SMARTS) is 1. The lowest BCUT2D eigenvalue weighted by atomic mass is 9.87. The van der Waals surface area contributed by atoms with Gasteiger partial charge in [0.05, 0.1) is 10.5 Å². The minimum absolute atomic E-state index is 0.0707. The minimum atomic E-state index is -2.93. The van der Waals surface area contributed by atoms with Gasteiger partial charge < -0.3 is 5.11 Å². The van der Waals surface area contributed by atoms with E-state index >= 15 is 0 Å². The Morgan fingerprint density at radius 3 is 2.20 bits per heavy atom. The zero-order valence-electron chi connectivity index (χ0n) is 8.55. The van der Waals surface area contributed by atoms with E-state index in [2.05, 4.69) is 0 Å². The van der Waals surface area contributed by atoms with Crippen LogP contribution in [0.15, 0.2) is 0 Å². The largest absolute Gasteiger partial charge is 0.481 e. The fourth-order valence-electron chi connectivity index (χ4n) is 2.93. The van der Waals surface area contributed by atoms with Crippen LogP contribution in [0.25, 0.3) is 0 Å². The van der Waals surface area contributed by atoms with Gasteiger partial charge in [-0.3, -0.25) is 4.79 Å². The topological polar surface area (TPSA) is 71.4 Å². The predicted octanol–water partition coefficient (Wildman–Crippen LogP) is 1.21. The van der Waals surface area contributed by atoms with E-state index < -0.39 is 15.8 Å². The summed E-state index contributed by atoms with van der Waals surface area (Å²) in [6.45, 7) is 0. The van der Waals surface area contributed by atoms with Crippen molar-refractivity contribution in [2.75, 3.05) is 0 Å². The Morgan fingerprint density at radius 2 is 1.73 bits per heavy atom. The number of carbonyl (C=O) groups is 1. The monoisotopic (exact) mass is 232 g/mol. The first-order chi connectivity index (χ1) is 7.00. The van der Waals surface area contributed by atoms with Crippen LogP contribution in [0.3, 0.4) is 0 Å². The van der Waals surface area contributed by atoms with Crippen molar-refractivity contribution >= 4 is 15.8 Å². The molecular formula is C10H16O4S. The van der Waals surface area contributed by atoms with E-state index in [0.717, 1.165) is 19.3 Å². The van der Waals surface area contributed by atoms with Crippen LogP contribution >= 0.6 is 0 Å². The molecule has 2 rings (SSSR count). The normalized spacial score (nSPS) is 38.5. The summed E-state index contributed by atoms with van der Waals surface area (Å²) in [5.41, 5.74) is 0. The molecule has 2 fully saturated rings. The second-order valence-corrected chi connectivity index (χ2v) is 7.21. The van der Waals surface area contributed by atoms with Crippen molar-refractivity contribution in [2.45, 2.75) is 49.0 Å². The third-order valence-electron chi connectivity index (χ3n) is 3.64. The van der Waals surface area contributed by atoms with Crippen LogP contribution in [-0.2, 0) is 14.6 Å². The molecule has 15 heavy (non-hydrogen) atoms. The molecule has 2 heterocycles. The average Bonchev–Trinajstić information content (AvgIpc) is 2.05. The fourth-order valence-corrected chi connectivity index (χ4v) is 5.55. The molecule has 0 aromatic rings. The van der Waals surface area contributed by atoms with Crippen LogP contribution in [0.1, 0.15) is 38.5 Å². The molecule has 0 aromatic carbocycles. The highest BCUT2D eigenvalue weighted by atomic mass is 32.2. The maximum atomic E-state index is 11.9. The first kappa shape index (κ1) is 10.9. The Hall–Kier alpha value is -0.580. The molecule has 0 saturated carbocycles. The molecule has 0 aliphatic carbocycles. The Kier molecular flexibility index (Phi) is 2.75. The summed E-state index contributed by atoms with van der Waals surface area (Å²) in [5, 5.41) is 8.20. The van der Waals surface area contributed by atoms with Crippen LogP contribution in [0.4, 0.5) is 0 Å². The number of sulfone groups is 1. The first-order valence-electron chi connectivity index (χ1n) is 5.44. The van der Waals surface area contributed by atoms with Crippen molar-refractivity contribution in [1.29, 1.82) is 0 Å². The number of rotatable bonds is 2. The zero-order valence-corrected chi connectivity index (χ0v) is 9.37. The van der Waals surface area contributed by atoms with Gasteiger partial charge in [-0.2, -0.15) is 0 Å². The van der Waals surface area contributed by atoms with Gasteiger partial charge in [-0.05, 0) is 31.6 Å². The van der Waals surface area contributed by atoms with Gasteiger partial charge in [-0.25, -0.2) is 8.42 Å². The van der Waals surface area contributed by atoms with Gasteiger partial charge in [-0.1, -0.05) is 6.42 Å². The summed E-state index contributed by atoms with van der Waals surface area (Å²) < 4.78 is 23.8. The molecule has 5 heteroatoms. The highest BCUT2D eigenvalue weighted by Gasteiger charge is 2.44. The summed E-state index contributed by atoms with van der Waals surface area (Å²) in [5.74, 6) is -0.737. The second-order valence-electron chi connectivity index (χ2n) is 4.70. The lowest BCUT2D eigenvalue weighted by Crippen LogP contribution is -2.43. The second kappa shape index (κ2) is 3.77. The SMILES string of the molecule is O=C(O)CC1CC2CCCC(C1)S2(=O)=O. The summed E-state index contributed by atoms with van der Waals surface area (Å²) in [4.78, 5) is 10.6. The molecule has 2 atom stereocenters. The van der Waals surface area contributed by atoms with Crippen molar-refractivity contribution in [2.24, 2.45) is 5.92 Å². The summed E-state index contributed by atoms with van der Waals surface area (Å²) in [6, 6.07) is 0. The highest BCUT2D eigenvalue weighted by molar-refractivity contribution is 7.92. The van der Waals surface area contributed by atoms with Crippen LogP contribution < -0.4 is 0 Å². The molecular weight excluding hydrogens is 216 g/mol. The molecule has 4 nitrogen and oxygen atoms in total. The Labute approximate surface area is 89.6 Å². The molecule has 0 radical (unpaired) electrons. The van der Waals surface area contributed by atoms with Gasteiger partial charge in [0.25, 0.3) is 0 Å². The number of hydrogen-bond acceptors (Lipinski definition) is 3. The molecule has 0 aromatic heterocycles. The molecule has 0 amide bonds. The van der Waals surface area contributed by atoms with E-state index in [1.165, 1.54) is 0 Å². The first-order valence-corrected chi connectivity index (χ1v) is 7.05. The molecule has 1 N–H and O–H groups in total. The molecule has 86 valence electrons. The van der Waals surface area contributed by atoms with Crippen molar-refractivity contribution in [3.05, 3.63) is 0 Å². The lowest BCUT2D eigenvalue weighted by molar-refractivity contribution is -0.138. The number of fused-ring (bicyclic) bond motifs is 2. The van der Waals surface area contributed by atoms with Crippen molar-refractivity contribution < 1.29 is 18.3 Å². The summed E-state index contributed by atoms with van der Waals surface area (Å²) in [7, 11) is -2.93. The van der Waals surface area contributed by atoms with Crippen molar-refractivity contribution in [1.82, 2.24) is 0 Å². The maximum absolute atomic E-state index is 11.9. The lowest BCUT2D eigenvalue weighted by Gasteiger charge is -2.38. The van der Waals surface area contributed by atoms with E-state index in [1.54, 1.807) is 0 Å². The van der Waals surface area contributed by atoms with Crippen molar-refractivity contribution in [3.63, 3.8) is 0 Å². The molecule has 2 unspecified atom stereocenters. The maximum Gasteiger partial charge on any atom is 0.303 e. The molecule has 2 aliphatic rings. The number of hydrogen-bond donors (Lipinski definition) is 1. The van der Waals surface area contributed by atoms with E-state index in [-0.39, 0.29) is 22.8 Å². The van der Waals surface area contributed by atoms with Crippen LogP contribution in [0.2, 0.25) is 0 Å². The number of carboxylic acids is 1. The molecule has 2 saturated heterocycles. The Morgan fingerprint density at radius 1 is 1.20 bits per heavy atom. The van der Waals surface area contributed by atoms with Crippen LogP contribution in [0.5, 0.6) is 0 Å². The molecule has 0 spiro atoms. The smallest absolute Gasteiger partial charge is 0.303 e. The van der Waals surface area contributed by atoms with Gasteiger partial charge in [0.2, 0.25) is 0 Å². The van der Waals surface area contributed by atoms with E-state index in [1.807, 2.05) is 0 Å². The van der Waals surface area contributed by atoms with Gasteiger partial charge >= 0.3 is 5.97 Å². The highest BCUT2D eigenvalue weighted by Crippen LogP contribution is 2.40. The average molecular weight is 232 g/mol. The Balaban J connectivity index is 2.12. The fraction of sp³-hybridized carbons (Fsp3) is 0.900. The third kappa shape index (κ3) is 2.02. The van der Waals surface area contributed by atoms with E-state index in [4.69, 9.17) is 5.11 Å². The van der Waals surface area contributed by atoms with Gasteiger partial charge in [0.1, 0.15) is 0 Å². The van der Waals surface area contributed by atoms with E-state index in [0.29, 0.717) is 12.8 Å². The predicted molar refractivity (Wildman–Crippen MR) is 55.3 cm³/mol. The summed E-state index contributed by atoms with van der Waals surface area (Å²) in [6.07, 6.45) is 3.69. The van der Waals surface area contributed by atoms with Gasteiger partial charge in [0, 0.05) is 6.42 Å². The van der Waals surface area contributed by atoms with Crippen LogP contribution in [0, 0.1) is 5.92 Å². The van der Waals surface area contributed by atoms with Crippen molar-refractivity contribution in [3.8, 4) is 0 Å².